The van der Waals surface area contributed by atoms with E-state index < -0.39 is 0 Å². The second-order valence-electron chi connectivity index (χ2n) is 12.3. The first-order chi connectivity index (χ1) is 22.7. The van der Waals surface area contributed by atoms with E-state index in [1.54, 1.807) is 13.2 Å². The molecule has 1 fully saturated rings. The number of rotatable bonds is 12. The Labute approximate surface area is 279 Å². The maximum atomic E-state index is 12.6. The molecule has 2 aromatic heterocycles. The smallest absolute Gasteiger partial charge is 0.273 e. The monoisotopic (exact) mass is 639 g/mol. The molecule has 1 unspecified atom stereocenters. The van der Waals surface area contributed by atoms with E-state index in [2.05, 4.69) is 82.9 Å². The topological polar surface area (TPSA) is 121 Å². The van der Waals surface area contributed by atoms with Gasteiger partial charge in [0.15, 0.2) is 11.5 Å². The highest BCUT2D eigenvalue weighted by molar-refractivity contribution is 6.00. The lowest BCUT2D eigenvalue weighted by Crippen LogP contribution is -2.33. The number of carbonyl (C=O) groups excluding carboxylic acids is 2. The number of methoxy groups -OCH3 is 1. The predicted molar refractivity (Wildman–Crippen MR) is 189 cm³/mol. The number of ether oxygens (including phenoxy) is 1. The van der Waals surface area contributed by atoms with Gasteiger partial charge in [-0.1, -0.05) is 52.0 Å². The van der Waals surface area contributed by atoms with E-state index in [0.29, 0.717) is 29.1 Å². The minimum Gasteiger partial charge on any atom is -0.494 e. The van der Waals surface area contributed by atoms with Gasteiger partial charge in [-0.25, -0.2) is 0 Å². The molecule has 5 rings (SSSR count). The molecule has 10 heteroatoms. The largest absolute Gasteiger partial charge is 0.494 e. The van der Waals surface area contributed by atoms with E-state index in [9.17, 15) is 9.59 Å². The Balaban J connectivity index is 0.000000546. The van der Waals surface area contributed by atoms with Gasteiger partial charge < -0.3 is 25.6 Å². The number of anilines is 3. The summed E-state index contributed by atoms with van der Waals surface area (Å²) in [7, 11) is 3.18. The number of hydrogen-bond acceptors (Lipinski definition) is 8. The number of hydrogen-bond donors (Lipinski definition) is 3. The number of nitrogens with one attached hydrogen (secondary N) is 3. The van der Waals surface area contributed by atoms with Gasteiger partial charge in [-0.05, 0) is 68.7 Å². The number of aromatic nitrogens is 3. The normalized spacial score (nSPS) is 14.7. The first-order valence-corrected chi connectivity index (χ1v) is 16.6. The molecule has 250 valence electrons. The quantitative estimate of drug-likeness (QED) is 0.194. The summed E-state index contributed by atoms with van der Waals surface area (Å²) in [5.74, 6) is 1.10. The van der Waals surface area contributed by atoms with Gasteiger partial charge in [0.05, 0.1) is 18.5 Å². The van der Waals surface area contributed by atoms with Crippen LogP contribution in [0.15, 0.2) is 66.5 Å². The average Bonchev–Trinajstić information content (AvgIpc) is 3.94. The molecule has 0 bridgehead atoms. The maximum Gasteiger partial charge on any atom is 0.273 e. The van der Waals surface area contributed by atoms with Crippen molar-refractivity contribution in [3.8, 4) is 5.75 Å². The number of nitrogens with zero attached hydrogens (tertiary/aromatic N) is 4. The molecule has 0 saturated heterocycles. The number of benzene rings is 1. The lowest BCUT2D eigenvalue weighted by atomic mass is 9.93. The van der Waals surface area contributed by atoms with Gasteiger partial charge in [0.25, 0.3) is 5.91 Å². The van der Waals surface area contributed by atoms with Crippen LogP contribution in [0, 0.1) is 11.8 Å². The van der Waals surface area contributed by atoms with E-state index >= 15 is 0 Å². The Morgan fingerprint density at radius 1 is 1.06 bits per heavy atom. The summed E-state index contributed by atoms with van der Waals surface area (Å²) in [5, 5.41) is 16.9. The van der Waals surface area contributed by atoms with Crippen molar-refractivity contribution in [2.45, 2.75) is 72.8 Å². The number of pyridine rings is 1. The lowest BCUT2D eigenvalue weighted by Gasteiger charge is -2.34. The molecule has 0 radical (unpaired) electrons. The van der Waals surface area contributed by atoms with E-state index in [4.69, 9.17) is 4.74 Å². The molecule has 3 heterocycles. The van der Waals surface area contributed by atoms with Crippen LogP contribution in [-0.4, -0.2) is 58.6 Å². The number of para-hydroxylation sites is 1. The van der Waals surface area contributed by atoms with Crippen molar-refractivity contribution in [3.63, 3.8) is 0 Å². The van der Waals surface area contributed by atoms with Crippen molar-refractivity contribution in [3.05, 3.63) is 83.5 Å². The summed E-state index contributed by atoms with van der Waals surface area (Å²) < 4.78 is 5.94. The van der Waals surface area contributed by atoms with Crippen molar-refractivity contribution in [1.82, 2.24) is 25.4 Å². The van der Waals surface area contributed by atoms with E-state index in [1.807, 2.05) is 42.6 Å². The van der Waals surface area contributed by atoms with Crippen molar-refractivity contribution in [2.24, 2.45) is 11.8 Å². The van der Waals surface area contributed by atoms with Crippen LogP contribution in [0.25, 0.3) is 5.57 Å². The molecule has 1 aliphatic heterocycles. The number of carbonyl (C=O) groups is 2. The highest BCUT2D eigenvalue weighted by atomic mass is 16.5. The van der Waals surface area contributed by atoms with Gasteiger partial charge in [0.1, 0.15) is 5.75 Å². The third-order valence-corrected chi connectivity index (χ3v) is 8.31. The third kappa shape index (κ3) is 9.40. The van der Waals surface area contributed by atoms with Crippen LogP contribution >= 0.6 is 0 Å². The van der Waals surface area contributed by atoms with Crippen molar-refractivity contribution < 1.29 is 14.3 Å². The van der Waals surface area contributed by atoms with Crippen LogP contribution in [0.2, 0.25) is 0 Å². The SMILES string of the molecule is CCC(CC(C)C)N1C=C(c2cccc(Nc3cc(NC(=O)C4CC4)nnc3C(=O)NC)c2OC)C(C)=CC1.CCc1ccccn1. The highest BCUT2D eigenvalue weighted by Gasteiger charge is 2.30. The third-order valence-electron chi connectivity index (χ3n) is 8.31. The fraction of sp³-hybridized carbons (Fsp3) is 0.432. The van der Waals surface area contributed by atoms with Crippen LogP contribution in [0.3, 0.4) is 0 Å². The Hall–Kier alpha value is -4.73. The van der Waals surface area contributed by atoms with Gasteiger partial charge in [0.2, 0.25) is 5.91 Å². The zero-order valence-corrected chi connectivity index (χ0v) is 28.8. The van der Waals surface area contributed by atoms with Crippen molar-refractivity contribution in [2.75, 3.05) is 31.3 Å². The summed E-state index contributed by atoms with van der Waals surface area (Å²) in [6.07, 6.45) is 11.3. The fourth-order valence-corrected chi connectivity index (χ4v) is 5.52. The fourth-order valence-electron chi connectivity index (χ4n) is 5.52. The summed E-state index contributed by atoms with van der Waals surface area (Å²) in [4.78, 5) is 31.4. The summed E-state index contributed by atoms with van der Waals surface area (Å²) in [6, 6.07) is 14.0. The standard InChI is InChI=1S/C30H40N6O3.C7H9N/c1-7-21(15-18(2)3)36-14-13-19(4)23(17-36)22-9-8-10-24(28(22)39-6)32-25-16-26(33-29(37)20-11-12-20)34-35-27(25)30(38)31-5;1-2-7-5-3-4-6-8-7/h8-10,13,16-18,20-21H,7,11-12,14-15H2,1-6H3,(H,31,38)(H2,32,33,34,37);3-6H,2H2,1H3. The number of allylic oxidation sites excluding steroid dienone is 2. The van der Waals surface area contributed by atoms with Crippen LogP contribution in [0.1, 0.15) is 82.0 Å². The minimum absolute atomic E-state index is 0.0195. The molecule has 2 amide bonds. The highest BCUT2D eigenvalue weighted by Crippen LogP contribution is 2.40. The van der Waals surface area contributed by atoms with Gasteiger partial charge >= 0.3 is 0 Å². The molecule has 1 aliphatic carbocycles. The first kappa shape index (κ1) is 35.1. The maximum absolute atomic E-state index is 12.6. The number of amides is 2. The molecule has 10 nitrogen and oxygen atoms in total. The molecule has 1 atom stereocenters. The Morgan fingerprint density at radius 3 is 2.45 bits per heavy atom. The van der Waals surface area contributed by atoms with Gasteiger partial charge in [-0.3, -0.25) is 14.6 Å². The molecular weight excluding hydrogens is 590 g/mol. The zero-order chi connectivity index (χ0) is 33.9. The van der Waals surface area contributed by atoms with Crippen LogP contribution in [-0.2, 0) is 11.2 Å². The molecule has 0 spiro atoms. The van der Waals surface area contributed by atoms with Gasteiger partial charge in [0, 0.05) is 60.8 Å². The molecule has 2 aliphatic rings. The van der Waals surface area contributed by atoms with Crippen LogP contribution in [0.5, 0.6) is 5.75 Å². The predicted octanol–water partition coefficient (Wildman–Crippen LogP) is 7.01. The summed E-state index contributed by atoms with van der Waals surface area (Å²) in [6.45, 7) is 11.9. The van der Waals surface area contributed by atoms with Crippen LogP contribution in [0.4, 0.5) is 17.2 Å². The van der Waals surface area contributed by atoms with E-state index in [1.165, 1.54) is 12.6 Å². The number of aryl methyl sites for hydroxylation is 1. The molecule has 1 saturated carbocycles. The average molecular weight is 640 g/mol. The molecule has 3 N–H and O–H groups in total. The second-order valence-corrected chi connectivity index (χ2v) is 12.3. The Morgan fingerprint density at radius 2 is 1.85 bits per heavy atom. The lowest BCUT2D eigenvalue weighted by molar-refractivity contribution is -0.117. The second kappa shape index (κ2) is 16.7. The van der Waals surface area contributed by atoms with Gasteiger partial charge in [-0.2, -0.15) is 0 Å². The van der Waals surface area contributed by atoms with Gasteiger partial charge in [-0.15, -0.1) is 10.2 Å². The van der Waals surface area contributed by atoms with E-state index in [-0.39, 0.29) is 29.2 Å². The molecular formula is C37H49N7O3. The van der Waals surface area contributed by atoms with Crippen molar-refractivity contribution in [1.29, 1.82) is 0 Å². The van der Waals surface area contributed by atoms with Crippen molar-refractivity contribution >= 4 is 34.6 Å². The van der Waals surface area contributed by atoms with E-state index in [0.717, 1.165) is 55.5 Å². The Kier molecular flexibility index (Phi) is 12.5. The summed E-state index contributed by atoms with van der Waals surface area (Å²) in [5.41, 5.74) is 5.60. The minimum atomic E-state index is -0.389. The summed E-state index contributed by atoms with van der Waals surface area (Å²) >= 11 is 0. The van der Waals surface area contributed by atoms with Crippen LogP contribution < -0.4 is 20.7 Å². The first-order valence-electron chi connectivity index (χ1n) is 16.6. The molecule has 47 heavy (non-hydrogen) atoms. The Bertz CT molecular complexity index is 1580. The molecule has 3 aromatic rings. The molecule has 1 aromatic carbocycles. The zero-order valence-electron chi connectivity index (χ0n) is 28.8.